The lowest BCUT2D eigenvalue weighted by molar-refractivity contribution is -0.121. The number of hydrogen-bond acceptors (Lipinski definition) is 2. The molecule has 0 aliphatic heterocycles. The smallest absolute Gasteiger partial charge is 0.221 e. The van der Waals surface area contributed by atoms with Crippen molar-refractivity contribution in [2.45, 2.75) is 32.7 Å². The minimum absolute atomic E-state index is 0.138. The summed E-state index contributed by atoms with van der Waals surface area (Å²) in [6, 6.07) is 0.270. The Hall–Kier alpha value is -0.0900. The molecule has 0 heterocycles. The van der Waals surface area contributed by atoms with Crippen LogP contribution in [0.2, 0.25) is 0 Å². The highest BCUT2D eigenvalue weighted by molar-refractivity contribution is 9.09. The minimum Gasteiger partial charge on any atom is -0.352 e. The molecule has 90 valence electrons. The molecule has 0 aliphatic carbocycles. The Kier molecular flexibility index (Phi) is 8.06. The lowest BCUT2D eigenvalue weighted by Crippen LogP contribution is -2.42. The third-order valence-electron chi connectivity index (χ3n) is 2.03. The molecule has 0 aliphatic rings. The van der Waals surface area contributed by atoms with E-state index < -0.39 is 0 Å². The number of carbonyl (C=O) groups excluding carboxylic acids is 1. The molecular formula is C11H23BrN2O. The Balaban J connectivity index is 4.05. The molecule has 0 aromatic rings. The van der Waals surface area contributed by atoms with Crippen molar-refractivity contribution in [2.75, 3.05) is 26.0 Å². The van der Waals surface area contributed by atoms with Crippen LogP contribution in [0.4, 0.5) is 0 Å². The van der Waals surface area contributed by atoms with E-state index in [0.717, 1.165) is 18.3 Å². The number of nitrogens with one attached hydrogen (secondary N) is 1. The number of nitrogens with zero attached hydrogens (tertiary/aromatic N) is 1. The van der Waals surface area contributed by atoms with Crippen LogP contribution >= 0.6 is 15.9 Å². The Morgan fingerprint density at radius 2 is 2.00 bits per heavy atom. The third-order valence-corrected chi connectivity index (χ3v) is 2.42. The van der Waals surface area contributed by atoms with E-state index in [-0.39, 0.29) is 11.9 Å². The summed E-state index contributed by atoms with van der Waals surface area (Å²) in [4.78, 5) is 13.6. The first kappa shape index (κ1) is 14.9. The van der Waals surface area contributed by atoms with Gasteiger partial charge < -0.3 is 10.2 Å². The van der Waals surface area contributed by atoms with Gasteiger partial charge in [-0.05, 0) is 26.4 Å². The van der Waals surface area contributed by atoms with E-state index in [1.807, 2.05) is 14.1 Å². The summed E-state index contributed by atoms with van der Waals surface area (Å²) in [5.74, 6) is 0.749. The lowest BCUT2D eigenvalue weighted by Gasteiger charge is -2.23. The largest absolute Gasteiger partial charge is 0.352 e. The van der Waals surface area contributed by atoms with Gasteiger partial charge in [0.2, 0.25) is 5.91 Å². The van der Waals surface area contributed by atoms with Gasteiger partial charge >= 0.3 is 0 Å². The normalized spacial score (nSPS) is 13.3. The number of hydrogen-bond donors (Lipinski definition) is 1. The number of carbonyl (C=O) groups is 1. The Morgan fingerprint density at radius 1 is 1.40 bits per heavy atom. The molecule has 4 heteroatoms. The SMILES string of the molecule is CC(C)CC(CN(C)C)NC(=O)CCBr. The van der Waals surface area contributed by atoms with Gasteiger partial charge in [0.05, 0.1) is 0 Å². The van der Waals surface area contributed by atoms with E-state index in [4.69, 9.17) is 0 Å². The predicted molar refractivity (Wildman–Crippen MR) is 68.4 cm³/mol. The number of likely N-dealkylation sites (N-methyl/N-ethyl adjacent to an activating group) is 1. The molecule has 0 bridgehead atoms. The van der Waals surface area contributed by atoms with Crippen LogP contribution in [0, 0.1) is 5.92 Å². The number of alkyl halides is 1. The van der Waals surface area contributed by atoms with Crippen LogP contribution in [-0.2, 0) is 4.79 Å². The standard InChI is InChI=1S/C11H23BrN2O/c1-9(2)7-10(8-14(3)4)13-11(15)5-6-12/h9-10H,5-8H2,1-4H3,(H,13,15). The Morgan fingerprint density at radius 3 is 2.40 bits per heavy atom. The monoisotopic (exact) mass is 278 g/mol. The first-order chi connectivity index (χ1) is 6.95. The zero-order valence-electron chi connectivity index (χ0n) is 10.2. The zero-order chi connectivity index (χ0) is 11.8. The van der Waals surface area contributed by atoms with Crippen LogP contribution < -0.4 is 5.32 Å². The van der Waals surface area contributed by atoms with E-state index in [9.17, 15) is 4.79 Å². The summed E-state index contributed by atoms with van der Waals surface area (Å²) in [5.41, 5.74) is 0. The molecule has 0 radical (unpaired) electrons. The molecule has 0 fully saturated rings. The number of halogens is 1. The molecule has 1 atom stereocenters. The van der Waals surface area contributed by atoms with Crippen LogP contribution in [0.3, 0.4) is 0 Å². The predicted octanol–water partition coefficient (Wildman–Crippen LogP) is 1.86. The van der Waals surface area contributed by atoms with Gasteiger partial charge in [0, 0.05) is 24.3 Å². The fourth-order valence-electron chi connectivity index (χ4n) is 1.57. The van der Waals surface area contributed by atoms with E-state index in [1.54, 1.807) is 0 Å². The van der Waals surface area contributed by atoms with E-state index in [2.05, 4.69) is 40.0 Å². The van der Waals surface area contributed by atoms with Gasteiger partial charge in [0.15, 0.2) is 0 Å². The van der Waals surface area contributed by atoms with Crippen molar-refractivity contribution in [3.05, 3.63) is 0 Å². The average Bonchev–Trinajstić information content (AvgIpc) is 2.00. The molecule has 3 nitrogen and oxygen atoms in total. The lowest BCUT2D eigenvalue weighted by atomic mass is 10.0. The molecule has 1 N–H and O–H groups in total. The number of amides is 1. The third kappa shape index (κ3) is 8.88. The molecule has 1 unspecified atom stereocenters. The second kappa shape index (κ2) is 8.11. The molecule has 0 spiro atoms. The van der Waals surface area contributed by atoms with Crippen LogP contribution in [0.25, 0.3) is 0 Å². The molecular weight excluding hydrogens is 256 g/mol. The summed E-state index contributed by atoms with van der Waals surface area (Å²) < 4.78 is 0. The van der Waals surface area contributed by atoms with Crippen LogP contribution in [0.15, 0.2) is 0 Å². The van der Waals surface area contributed by atoms with E-state index >= 15 is 0 Å². The van der Waals surface area contributed by atoms with Crippen LogP contribution in [0.5, 0.6) is 0 Å². The number of rotatable bonds is 7. The maximum atomic E-state index is 11.5. The zero-order valence-corrected chi connectivity index (χ0v) is 11.8. The second-order valence-corrected chi connectivity index (χ2v) is 5.39. The Labute approximate surface area is 102 Å². The van der Waals surface area contributed by atoms with Gasteiger partial charge in [-0.3, -0.25) is 4.79 Å². The van der Waals surface area contributed by atoms with Crippen molar-refractivity contribution in [3.63, 3.8) is 0 Å². The molecule has 0 aromatic carbocycles. The summed E-state index contributed by atoms with van der Waals surface area (Å²) in [7, 11) is 4.06. The van der Waals surface area contributed by atoms with Crippen molar-refractivity contribution >= 4 is 21.8 Å². The van der Waals surface area contributed by atoms with Gasteiger partial charge in [-0.15, -0.1) is 0 Å². The van der Waals surface area contributed by atoms with Crippen molar-refractivity contribution < 1.29 is 4.79 Å². The minimum atomic E-state index is 0.138. The molecule has 15 heavy (non-hydrogen) atoms. The summed E-state index contributed by atoms with van der Waals surface area (Å²) >= 11 is 3.27. The van der Waals surface area contributed by atoms with Gasteiger partial charge in [0.1, 0.15) is 0 Å². The maximum absolute atomic E-state index is 11.5. The fraction of sp³-hybridized carbons (Fsp3) is 0.909. The summed E-state index contributed by atoms with van der Waals surface area (Å²) in [6.07, 6.45) is 1.59. The highest BCUT2D eigenvalue weighted by atomic mass is 79.9. The fourth-order valence-corrected chi connectivity index (χ4v) is 1.93. The van der Waals surface area contributed by atoms with Crippen LogP contribution in [-0.4, -0.2) is 42.8 Å². The topological polar surface area (TPSA) is 32.3 Å². The van der Waals surface area contributed by atoms with Crippen molar-refractivity contribution in [1.29, 1.82) is 0 Å². The van der Waals surface area contributed by atoms with Crippen molar-refractivity contribution in [3.8, 4) is 0 Å². The van der Waals surface area contributed by atoms with Gasteiger partial charge in [-0.2, -0.15) is 0 Å². The van der Waals surface area contributed by atoms with Gasteiger partial charge in [-0.1, -0.05) is 29.8 Å². The first-order valence-corrected chi connectivity index (χ1v) is 6.58. The quantitative estimate of drug-likeness (QED) is 0.721. The average molecular weight is 279 g/mol. The van der Waals surface area contributed by atoms with Gasteiger partial charge in [0.25, 0.3) is 0 Å². The van der Waals surface area contributed by atoms with E-state index in [1.165, 1.54) is 0 Å². The van der Waals surface area contributed by atoms with Crippen molar-refractivity contribution in [1.82, 2.24) is 10.2 Å². The Bertz CT molecular complexity index is 173. The molecule has 1 amide bonds. The maximum Gasteiger partial charge on any atom is 0.221 e. The highest BCUT2D eigenvalue weighted by Crippen LogP contribution is 2.06. The van der Waals surface area contributed by atoms with Crippen LogP contribution in [0.1, 0.15) is 26.7 Å². The van der Waals surface area contributed by atoms with E-state index in [0.29, 0.717) is 12.3 Å². The molecule has 0 aromatic heterocycles. The van der Waals surface area contributed by atoms with Crippen molar-refractivity contribution in [2.24, 2.45) is 5.92 Å². The summed E-state index contributed by atoms with van der Waals surface area (Å²) in [5, 5.41) is 3.80. The summed E-state index contributed by atoms with van der Waals surface area (Å²) in [6.45, 7) is 5.27. The van der Waals surface area contributed by atoms with Gasteiger partial charge in [-0.25, -0.2) is 0 Å². The molecule has 0 saturated carbocycles. The first-order valence-electron chi connectivity index (χ1n) is 5.45. The molecule has 0 rings (SSSR count). The molecule has 0 saturated heterocycles. The second-order valence-electron chi connectivity index (χ2n) is 4.60. The highest BCUT2D eigenvalue weighted by Gasteiger charge is 2.14.